The molecular formula is C12H20O. The quantitative estimate of drug-likeness (QED) is 0.479. The van der Waals surface area contributed by atoms with E-state index in [1.165, 1.54) is 0 Å². The molecule has 0 aliphatic rings. The summed E-state index contributed by atoms with van der Waals surface area (Å²) in [6.45, 7) is 10.1. The predicted octanol–water partition coefficient (Wildman–Crippen LogP) is 3.37. The van der Waals surface area contributed by atoms with Crippen LogP contribution in [0.1, 0.15) is 34.6 Å². The molecule has 0 rings (SSSR count). The normalized spacial score (nSPS) is 13.3. The van der Waals surface area contributed by atoms with E-state index in [0.717, 1.165) is 5.57 Å². The molecule has 0 aromatic carbocycles. The summed E-state index contributed by atoms with van der Waals surface area (Å²) in [6.07, 6.45) is 5.70. The maximum Gasteiger partial charge on any atom is 0.158 e. The molecule has 0 spiro atoms. The highest BCUT2D eigenvalue weighted by molar-refractivity contribution is 5.91. The van der Waals surface area contributed by atoms with Crippen molar-refractivity contribution >= 4 is 5.78 Å². The molecule has 0 heterocycles. The Kier molecular flexibility index (Phi) is 5.36. The second-order valence-corrected chi connectivity index (χ2v) is 4.05. The van der Waals surface area contributed by atoms with Crippen molar-refractivity contribution in [1.29, 1.82) is 0 Å². The first-order valence-electron chi connectivity index (χ1n) is 4.83. The molecule has 0 amide bonds. The van der Waals surface area contributed by atoms with E-state index >= 15 is 0 Å². The molecule has 1 nitrogen and oxygen atoms in total. The summed E-state index contributed by atoms with van der Waals surface area (Å²) in [5, 5.41) is 0. The molecule has 0 fully saturated rings. The van der Waals surface area contributed by atoms with Crippen LogP contribution >= 0.6 is 0 Å². The van der Waals surface area contributed by atoms with E-state index < -0.39 is 0 Å². The first-order chi connectivity index (χ1) is 5.93. The Hall–Kier alpha value is -0.850. The van der Waals surface area contributed by atoms with Gasteiger partial charge in [0.05, 0.1) is 0 Å². The van der Waals surface area contributed by atoms with Gasteiger partial charge in [0.2, 0.25) is 0 Å². The lowest BCUT2D eigenvalue weighted by molar-refractivity contribution is -0.117. The van der Waals surface area contributed by atoms with Crippen LogP contribution in [-0.4, -0.2) is 5.78 Å². The molecule has 74 valence electrons. The predicted molar refractivity (Wildman–Crippen MR) is 57.6 cm³/mol. The summed E-state index contributed by atoms with van der Waals surface area (Å²) < 4.78 is 0. The average Bonchev–Trinajstić information content (AvgIpc) is 1.98. The second kappa shape index (κ2) is 5.74. The molecule has 0 aliphatic heterocycles. The summed E-state index contributed by atoms with van der Waals surface area (Å²) in [5.74, 6) is 0.832. The maximum atomic E-state index is 11.2. The fraction of sp³-hybridized carbons (Fsp3) is 0.583. The fourth-order valence-electron chi connectivity index (χ4n) is 0.987. The minimum absolute atomic E-state index is 0.100. The molecular weight excluding hydrogens is 160 g/mol. The van der Waals surface area contributed by atoms with E-state index in [1.54, 1.807) is 6.08 Å². The van der Waals surface area contributed by atoms with Gasteiger partial charge in [0.1, 0.15) is 0 Å². The van der Waals surface area contributed by atoms with Crippen LogP contribution in [0.5, 0.6) is 0 Å². The van der Waals surface area contributed by atoms with Crippen LogP contribution in [0.25, 0.3) is 0 Å². The Morgan fingerprint density at radius 1 is 1.08 bits per heavy atom. The van der Waals surface area contributed by atoms with Crippen LogP contribution in [-0.2, 0) is 4.79 Å². The fourth-order valence-corrected chi connectivity index (χ4v) is 0.987. The Bertz CT molecular complexity index is 219. The van der Waals surface area contributed by atoms with Gasteiger partial charge in [-0.2, -0.15) is 0 Å². The van der Waals surface area contributed by atoms with Crippen LogP contribution in [0.3, 0.4) is 0 Å². The SMILES string of the molecule is CC(=C/C(C)C)/C=C/C(=O)C(C)C. The van der Waals surface area contributed by atoms with E-state index in [2.05, 4.69) is 19.9 Å². The van der Waals surface area contributed by atoms with Gasteiger partial charge >= 0.3 is 0 Å². The smallest absolute Gasteiger partial charge is 0.158 e. The van der Waals surface area contributed by atoms with Crippen molar-refractivity contribution in [3.63, 3.8) is 0 Å². The lowest BCUT2D eigenvalue weighted by atomic mass is 10.1. The van der Waals surface area contributed by atoms with Crippen molar-refractivity contribution in [2.45, 2.75) is 34.6 Å². The molecule has 0 unspecified atom stereocenters. The zero-order valence-electron chi connectivity index (χ0n) is 9.29. The van der Waals surface area contributed by atoms with Crippen molar-refractivity contribution in [1.82, 2.24) is 0 Å². The van der Waals surface area contributed by atoms with Crippen LogP contribution in [0.4, 0.5) is 0 Å². The Labute approximate surface area is 81.5 Å². The van der Waals surface area contributed by atoms with E-state index in [-0.39, 0.29) is 11.7 Å². The first kappa shape index (κ1) is 12.2. The van der Waals surface area contributed by atoms with Gasteiger partial charge in [0.15, 0.2) is 5.78 Å². The topological polar surface area (TPSA) is 17.1 Å². The largest absolute Gasteiger partial charge is 0.295 e. The molecule has 13 heavy (non-hydrogen) atoms. The first-order valence-corrected chi connectivity index (χ1v) is 4.83. The van der Waals surface area contributed by atoms with Crippen LogP contribution in [0, 0.1) is 11.8 Å². The molecule has 0 bridgehead atoms. The van der Waals surface area contributed by atoms with E-state index in [0.29, 0.717) is 5.92 Å². The third-order valence-electron chi connectivity index (χ3n) is 1.68. The number of ketones is 1. The highest BCUT2D eigenvalue weighted by Crippen LogP contribution is 2.04. The van der Waals surface area contributed by atoms with Gasteiger partial charge in [-0.1, -0.05) is 45.4 Å². The summed E-state index contributed by atoms with van der Waals surface area (Å²) in [7, 11) is 0. The monoisotopic (exact) mass is 180 g/mol. The number of carbonyl (C=O) groups is 1. The molecule has 0 atom stereocenters. The van der Waals surface area contributed by atoms with Gasteiger partial charge in [-0.3, -0.25) is 4.79 Å². The highest BCUT2D eigenvalue weighted by Gasteiger charge is 2.00. The summed E-state index contributed by atoms with van der Waals surface area (Å²) in [6, 6.07) is 0. The Morgan fingerprint density at radius 3 is 2.00 bits per heavy atom. The van der Waals surface area contributed by atoms with Crippen molar-refractivity contribution in [2.24, 2.45) is 11.8 Å². The van der Waals surface area contributed by atoms with Gasteiger partial charge in [0.25, 0.3) is 0 Å². The number of rotatable bonds is 4. The summed E-state index contributed by atoms with van der Waals surface area (Å²) >= 11 is 0. The molecule has 0 aliphatic carbocycles. The molecule has 0 N–H and O–H groups in total. The van der Waals surface area contributed by atoms with Crippen LogP contribution < -0.4 is 0 Å². The summed E-state index contributed by atoms with van der Waals surface area (Å²) in [5.41, 5.74) is 1.16. The average molecular weight is 180 g/mol. The Balaban J connectivity index is 4.20. The van der Waals surface area contributed by atoms with Crippen molar-refractivity contribution in [3.8, 4) is 0 Å². The van der Waals surface area contributed by atoms with Gasteiger partial charge in [0, 0.05) is 5.92 Å². The Morgan fingerprint density at radius 2 is 1.62 bits per heavy atom. The van der Waals surface area contributed by atoms with E-state index in [9.17, 15) is 4.79 Å². The second-order valence-electron chi connectivity index (χ2n) is 4.05. The van der Waals surface area contributed by atoms with Crippen LogP contribution in [0.2, 0.25) is 0 Å². The molecule has 1 heteroatoms. The van der Waals surface area contributed by atoms with Crippen molar-refractivity contribution < 1.29 is 4.79 Å². The van der Waals surface area contributed by atoms with Crippen molar-refractivity contribution in [2.75, 3.05) is 0 Å². The standard InChI is InChI=1S/C12H20O/c1-9(2)8-11(5)6-7-12(13)10(3)4/h6-10H,1-5H3/b7-6+,11-8-. The molecule has 0 saturated carbocycles. The highest BCUT2D eigenvalue weighted by atomic mass is 16.1. The van der Waals surface area contributed by atoms with Gasteiger partial charge < -0.3 is 0 Å². The number of hydrogen-bond donors (Lipinski definition) is 0. The third-order valence-corrected chi connectivity index (χ3v) is 1.68. The van der Waals surface area contributed by atoms with E-state index in [4.69, 9.17) is 0 Å². The van der Waals surface area contributed by atoms with Crippen molar-refractivity contribution in [3.05, 3.63) is 23.8 Å². The van der Waals surface area contributed by atoms with Gasteiger partial charge in [-0.05, 0) is 18.9 Å². The lowest BCUT2D eigenvalue weighted by Crippen LogP contribution is -2.01. The maximum absolute atomic E-state index is 11.2. The molecule has 0 aromatic heterocycles. The third kappa shape index (κ3) is 6.32. The molecule has 0 radical (unpaired) electrons. The minimum atomic E-state index is 0.100. The number of carbonyl (C=O) groups excluding carboxylic acids is 1. The minimum Gasteiger partial charge on any atom is -0.295 e. The number of allylic oxidation sites excluding steroid dienone is 4. The molecule has 0 saturated heterocycles. The van der Waals surface area contributed by atoms with Gasteiger partial charge in [-0.15, -0.1) is 0 Å². The van der Waals surface area contributed by atoms with Gasteiger partial charge in [-0.25, -0.2) is 0 Å². The number of hydrogen-bond acceptors (Lipinski definition) is 1. The zero-order chi connectivity index (χ0) is 10.4. The summed E-state index contributed by atoms with van der Waals surface area (Å²) in [4.78, 5) is 11.2. The molecule has 0 aromatic rings. The lowest BCUT2D eigenvalue weighted by Gasteiger charge is -1.98. The van der Waals surface area contributed by atoms with E-state index in [1.807, 2.05) is 26.8 Å². The van der Waals surface area contributed by atoms with Crippen LogP contribution in [0.15, 0.2) is 23.8 Å². The zero-order valence-corrected chi connectivity index (χ0v) is 9.29.